The van der Waals surface area contributed by atoms with Crippen LogP contribution in [0.1, 0.15) is 42.8 Å². The number of anilines is 2. The molecule has 1 atom stereocenters. The van der Waals surface area contributed by atoms with Gasteiger partial charge in [-0.05, 0) is 45.7 Å². The average molecular weight is 322 g/mol. The highest BCUT2D eigenvalue weighted by atomic mass is 16.2. The standard InChI is InChI=1S/C19H22N4O/c1-10-5-8-14-12(3)23(4)17-15(16(14)20-10)9-11(2)21-18(17)22-19(24)13-6-7-13/h5,8-9,12-13H,6-7H2,1-4H3,(H,21,22,24). The van der Waals surface area contributed by atoms with Gasteiger partial charge in [0, 0.05) is 35.5 Å². The lowest BCUT2D eigenvalue weighted by Gasteiger charge is -2.36. The van der Waals surface area contributed by atoms with E-state index in [9.17, 15) is 4.79 Å². The van der Waals surface area contributed by atoms with Gasteiger partial charge in [-0.25, -0.2) is 4.98 Å². The molecule has 5 heteroatoms. The molecule has 1 N–H and O–H groups in total. The summed E-state index contributed by atoms with van der Waals surface area (Å²) in [5, 5.41) is 3.05. The number of hydrogen-bond acceptors (Lipinski definition) is 4. The lowest BCUT2D eigenvalue weighted by Crippen LogP contribution is -2.29. The molecule has 0 spiro atoms. The van der Waals surface area contributed by atoms with Gasteiger partial charge in [-0.3, -0.25) is 9.78 Å². The highest BCUT2D eigenvalue weighted by Gasteiger charge is 2.34. The number of carbonyl (C=O) groups is 1. The summed E-state index contributed by atoms with van der Waals surface area (Å²) < 4.78 is 0. The molecule has 0 aromatic carbocycles. The summed E-state index contributed by atoms with van der Waals surface area (Å²) in [6.07, 6.45) is 1.96. The minimum atomic E-state index is 0.0827. The van der Waals surface area contributed by atoms with E-state index in [1.165, 1.54) is 5.56 Å². The molecule has 2 aromatic rings. The number of fused-ring (bicyclic) bond motifs is 3. The fourth-order valence-electron chi connectivity index (χ4n) is 3.38. The van der Waals surface area contributed by atoms with E-state index in [2.05, 4.69) is 47.4 Å². The summed E-state index contributed by atoms with van der Waals surface area (Å²) in [6, 6.07) is 6.45. The molecule has 1 fully saturated rings. The highest BCUT2D eigenvalue weighted by molar-refractivity contribution is 5.99. The normalized spacial score (nSPS) is 18.8. The Morgan fingerprint density at radius 3 is 2.67 bits per heavy atom. The van der Waals surface area contributed by atoms with E-state index in [1.807, 2.05) is 13.8 Å². The Labute approximate surface area is 142 Å². The smallest absolute Gasteiger partial charge is 0.228 e. The van der Waals surface area contributed by atoms with Crippen LogP contribution in [0.3, 0.4) is 0 Å². The van der Waals surface area contributed by atoms with E-state index in [0.717, 1.165) is 41.2 Å². The van der Waals surface area contributed by atoms with Crippen LogP contribution in [0, 0.1) is 19.8 Å². The molecule has 3 heterocycles. The summed E-state index contributed by atoms with van der Waals surface area (Å²) in [7, 11) is 2.05. The first kappa shape index (κ1) is 15.1. The maximum atomic E-state index is 12.3. The SMILES string of the molecule is Cc1cc2c(c(NC(=O)C3CC3)n1)N(C)C(C)c1ccc(C)nc1-2. The molecule has 1 saturated carbocycles. The fraction of sp³-hybridized carbons (Fsp3) is 0.421. The highest BCUT2D eigenvalue weighted by Crippen LogP contribution is 2.46. The number of amides is 1. The predicted molar refractivity (Wildman–Crippen MR) is 95.1 cm³/mol. The van der Waals surface area contributed by atoms with Crippen molar-refractivity contribution >= 4 is 17.4 Å². The lowest BCUT2D eigenvalue weighted by molar-refractivity contribution is -0.117. The lowest BCUT2D eigenvalue weighted by atomic mass is 9.93. The summed E-state index contributed by atoms with van der Waals surface area (Å²) in [6.45, 7) is 6.12. The molecule has 1 aliphatic heterocycles. The van der Waals surface area contributed by atoms with Gasteiger partial charge in [0.2, 0.25) is 5.91 Å². The molecule has 1 aliphatic carbocycles. The molecular weight excluding hydrogens is 300 g/mol. The maximum absolute atomic E-state index is 12.3. The van der Waals surface area contributed by atoms with Gasteiger partial charge in [-0.1, -0.05) is 6.07 Å². The van der Waals surface area contributed by atoms with E-state index in [0.29, 0.717) is 5.82 Å². The number of pyridine rings is 2. The molecule has 5 nitrogen and oxygen atoms in total. The van der Waals surface area contributed by atoms with Gasteiger partial charge in [0.25, 0.3) is 0 Å². The van der Waals surface area contributed by atoms with Gasteiger partial charge in [0.05, 0.1) is 17.4 Å². The van der Waals surface area contributed by atoms with Crippen molar-refractivity contribution < 1.29 is 4.79 Å². The van der Waals surface area contributed by atoms with Crippen molar-refractivity contribution in [1.29, 1.82) is 0 Å². The number of nitrogens with one attached hydrogen (secondary N) is 1. The first-order valence-electron chi connectivity index (χ1n) is 8.49. The zero-order valence-corrected chi connectivity index (χ0v) is 14.6. The van der Waals surface area contributed by atoms with Gasteiger partial charge < -0.3 is 10.2 Å². The first-order chi connectivity index (χ1) is 11.5. The Morgan fingerprint density at radius 2 is 1.96 bits per heavy atom. The molecule has 1 unspecified atom stereocenters. The molecule has 0 bridgehead atoms. The predicted octanol–water partition coefficient (Wildman–Crippen LogP) is 3.62. The Morgan fingerprint density at radius 1 is 1.21 bits per heavy atom. The summed E-state index contributed by atoms with van der Waals surface area (Å²) in [5.41, 5.74) is 6.11. The number of carbonyl (C=O) groups excluding carboxylic acids is 1. The topological polar surface area (TPSA) is 58.1 Å². The quantitative estimate of drug-likeness (QED) is 0.917. The minimum Gasteiger partial charge on any atom is -0.364 e. The largest absolute Gasteiger partial charge is 0.364 e. The summed E-state index contributed by atoms with van der Waals surface area (Å²) in [4.78, 5) is 23.9. The van der Waals surface area contributed by atoms with Crippen LogP contribution in [0.15, 0.2) is 18.2 Å². The van der Waals surface area contributed by atoms with Gasteiger partial charge >= 0.3 is 0 Å². The van der Waals surface area contributed by atoms with Gasteiger partial charge in [-0.15, -0.1) is 0 Å². The number of aromatic nitrogens is 2. The van der Waals surface area contributed by atoms with Crippen molar-refractivity contribution in [2.24, 2.45) is 5.92 Å². The average Bonchev–Trinajstić information content (AvgIpc) is 3.37. The van der Waals surface area contributed by atoms with Crippen molar-refractivity contribution in [1.82, 2.24) is 9.97 Å². The van der Waals surface area contributed by atoms with E-state index in [-0.39, 0.29) is 17.9 Å². The van der Waals surface area contributed by atoms with Crippen LogP contribution in [-0.4, -0.2) is 22.9 Å². The molecule has 4 rings (SSSR count). The summed E-state index contributed by atoms with van der Waals surface area (Å²) >= 11 is 0. The van der Waals surface area contributed by atoms with Crippen molar-refractivity contribution in [3.8, 4) is 11.3 Å². The molecule has 0 radical (unpaired) electrons. The second kappa shape index (κ2) is 5.30. The van der Waals surface area contributed by atoms with E-state index in [1.54, 1.807) is 0 Å². The van der Waals surface area contributed by atoms with E-state index in [4.69, 9.17) is 4.98 Å². The molecule has 24 heavy (non-hydrogen) atoms. The van der Waals surface area contributed by atoms with Crippen molar-refractivity contribution in [2.45, 2.75) is 39.7 Å². The Kier molecular flexibility index (Phi) is 3.34. The second-order valence-electron chi connectivity index (χ2n) is 6.95. The third kappa shape index (κ3) is 2.35. The van der Waals surface area contributed by atoms with E-state index < -0.39 is 0 Å². The maximum Gasteiger partial charge on any atom is 0.228 e. The monoisotopic (exact) mass is 322 g/mol. The Hall–Kier alpha value is -2.43. The zero-order valence-electron chi connectivity index (χ0n) is 14.6. The first-order valence-corrected chi connectivity index (χ1v) is 8.49. The Bertz CT molecular complexity index is 842. The Balaban J connectivity index is 1.90. The van der Waals surface area contributed by atoms with Crippen LogP contribution < -0.4 is 10.2 Å². The molecule has 1 amide bonds. The van der Waals surface area contributed by atoms with Crippen molar-refractivity contribution in [2.75, 3.05) is 17.3 Å². The van der Waals surface area contributed by atoms with Gasteiger partial charge in [0.15, 0.2) is 5.82 Å². The number of nitrogens with zero attached hydrogens (tertiary/aromatic N) is 3. The minimum absolute atomic E-state index is 0.0827. The van der Waals surface area contributed by atoms with Crippen molar-refractivity contribution in [3.63, 3.8) is 0 Å². The third-order valence-corrected chi connectivity index (χ3v) is 5.02. The van der Waals surface area contributed by atoms with Crippen LogP contribution >= 0.6 is 0 Å². The number of hydrogen-bond donors (Lipinski definition) is 1. The van der Waals surface area contributed by atoms with Crippen LogP contribution in [0.2, 0.25) is 0 Å². The molecule has 0 saturated heterocycles. The summed E-state index contributed by atoms with van der Waals surface area (Å²) in [5.74, 6) is 0.895. The molecule has 124 valence electrons. The number of aryl methyl sites for hydroxylation is 2. The van der Waals surface area contributed by atoms with Gasteiger partial charge in [0.1, 0.15) is 0 Å². The van der Waals surface area contributed by atoms with Crippen LogP contribution in [0.5, 0.6) is 0 Å². The fourth-order valence-corrected chi connectivity index (χ4v) is 3.38. The van der Waals surface area contributed by atoms with Crippen LogP contribution in [-0.2, 0) is 4.79 Å². The zero-order chi connectivity index (χ0) is 17.0. The molecule has 2 aliphatic rings. The second-order valence-corrected chi connectivity index (χ2v) is 6.95. The third-order valence-electron chi connectivity index (χ3n) is 5.02. The van der Waals surface area contributed by atoms with Crippen LogP contribution in [0.4, 0.5) is 11.5 Å². The van der Waals surface area contributed by atoms with Gasteiger partial charge in [-0.2, -0.15) is 0 Å². The van der Waals surface area contributed by atoms with E-state index >= 15 is 0 Å². The molecule has 2 aromatic heterocycles. The van der Waals surface area contributed by atoms with Crippen molar-refractivity contribution in [3.05, 3.63) is 35.2 Å². The van der Waals surface area contributed by atoms with Crippen LogP contribution in [0.25, 0.3) is 11.3 Å². The molecular formula is C19H22N4O. The number of rotatable bonds is 2.